The lowest BCUT2D eigenvalue weighted by Gasteiger charge is -2.11. The molecule has 0 saturated carbocycles. The van der Waals surface area contributed by atoms with Gasteiger partial charge in [0.25, 0.3) is 0 Å². The molecule has 44 heavy (non-hydrogen) atoms. The number of hydrogen-bond acceptors (Lipinski definition) is 5. The summed E-state index contributed by atoms with van der Waals surface area (Å²) in [6.45, 7) is 0. The van der Waals surface area contributed by atoms with E-state index in [1.54, 1.807) is 11.3 Å². The molecule has 0 N–H and O–H groups in total. The Morgan fingerprint density at radius 1 is 0.409 bits per heavy atom. The number of fused-ring (bicyclic) bond motifs is 3. The van der Waals surface area contributed by atoms with Crippen LogP contribution in [-0.4, -0.2) is 19.9 Å². The van der Waals surface area contributed by atoms with Crippen LogP contribution < -0.4 is 0 Å². The van der Waals surface area contributed by atoms with E-state index in [0.717, 1.165) is 43.4 Å². The first-order chi connectivity index (χ1) is 21.7. The van der Waals surface area contributed by atoms with E-state index in [9.17, 15) is 0 Å². The third-order valence-corrected chi connectivity index (χ3v) is 9.28. The normalized spacial score (nSPS) is 11.3. The Morgan fingerprint density at radius 2 is 0.977 bits per heavy atom. The summed E-state index contributed by atoms with van der Waals surface area (Å²) < 4.78 is 3.45. The van der Waals surface area contributed by atoms with Crippen LogP contribution in [-0.2, 0) is 0 Å². The highest BCUT2D eigenvalue weighted by molar-refractivity contribution is 9.10. The zero-order chi connectivity index (χ0) is 29.5. The van der Waals surface area contributed by atoms with Gasteiger partial charge in [-0.2, -0.15) is 0 Å². The van der Waals surface area contributed by atoms with Gasteiger partial charge in [0.05, 0.1) is 0 Å². The maximum atomic E-state index is 5.05. The Kier molecular flexibility index (Phi) is 6.78. The molecular weight excluding hydrogens is 624 g/mol. The van der Waals surface area contributed by atoms with E-state index in [4.69, 9.17) is 15.0 Å². The number of aromatic nitrogens is 4. The van der Waals surface area contributed by atoms with Crippen molar-refractivity contribution in [3.05, 3.63) is 144 Å². The molecule has 0 fully saturated rings. The van der Waals surface area contributed by atoms with Crippen LogP contribution in [0.5, 0.6) is 0 Å². The monoisotopic (exact) mass is 646 g/mol. The predicted octanol–water partition coefficient (Wildman–Crippen LogP) is 10.7. The van der Waals surface area contributed by atoms with Gasteiger partial charge in [-0.1, -0.05) is 101 Å². The third-order valence-electron chi connectivity index (χ3n) is 7.69. The average Bonchev–Trinajstić information content (AvgIpc) is 3.47. The minimum absolute atomic E-state index is 0.626. The molecule has 208 valence electrons. The van der Waals surface area contributed by atoms with Crippen LogP contribution in [0.2, 0.25) is 0 Å². The Labute approximate surface area is 266 Å². The topological polar surface area (TPSA) is 51.6 Å². The Balaban J connectivity index is 1.24. The molecule has 3 aromatic heterocycles. The first-order valence-corrected chi connectivity index (χ1v) is 15.8. The van der Waals surface area contributed by atoms with Crippen LogP contribution in [0.1, 0.15) is 0 Å². The molecule has 0 amide bonds. The minimum Gasteiger partial charge on any atom is -0.265 e. The van der Waals surface area contributed by atoms with Crippen molar-refractivity contribution in [2.75, 3.05) is 0 Å². The summed E-state index contributed by atoms with van der Waals surface area (Å²) in [7, 11) is 0. The van der Waals surface area contributed by atoms with Crippen LogP contribution >= 0.6 is 27.3 Å². The largest absolute Gasteiger partial charge is 0.265 e. The van der Waals surface area contributed by atoms with Gasteiger partial charge in [-0.3, -0.25) is 4.98 Å². The number of halogens is 1. The minimum atomic E-state index is 0.626. The molecule has 4 nitrogen and oxygen atoms in total. The van der Waals surface area contributed by atoms with E-state index in [1.165, 1.54) is 20.2 Å². The summed E-state index contributed by atoms with van der Waals surface area (Å²) >= 11 is 5.54. The number of rotatable bonds is 5. The van der Waals surface area contributed by atoms with E-state index in [-0.39, 0.29) is 0 Å². The molecular formula is C38H23BrN4S. The van der Waals surface area contributed by atoms with Crippen molar-refractivity contribution in [1.82, 2.24) is 19.9 Å². The molecule has 6 heteroatoms. The summed E-state index contributed by atoms with van der Waals surface area (Å²) in [5, 5.41) is 2.52. The van der Waals surface area contributed by atoms with Gasteiger partial charge in [0.15, 0.2) is 17.5 Å². The highest BCUT2D eigenvalue weighted by Crippen LogP contribution is 2.37. The highest BCUT2D eigenvalue weighted by atomic mass is 79.9. The molecule has 0 unspecified atom stereocenters. The van der Waals surface area contributed by atoms with Gasteiger partial charge in [-0.15, -0.1) is 11.3 Å². The van der Waals surface area contributed by atoms with E-state index < -0.39 is 0 Å². The summed E-state index contributed by atoms with van der Waals surface area (Å²) in [6.07, 6.45) is 3.63. The molecule has 5 aromatic carbocycles. The fourth-order valence-electron chi connectivity index (χ4n) is 5.50. The maximum absolute atomic E-state index is 5.05. The van der Waals surface area contributed by atoms with Gasteiger partial charge in [0, 0.05) is 53.7 Å². The number of hydrogen-bond donors (Lipinski definition) is 0. The fraction of sp³-hybridized carbons (Fsp3) is 0. The smallest absolute Gasteiger partial charge is 0.164 e. The van der Waals surface area contributed by atoms with Crippen LogP contribution in [0.3, 0.4) is 0 Å². The molecule has 8 aromatic rings. The number of benzene rings is 5. The zero-order valence-electron chi connectivity index (χ0n) is 23.4. The second-order valence-electron chi connectivity index (χ2n) is 10.5. The average molecular weight is 648 g/mol. The lowest BCUT2D eigenvalue weighted by Crippen LogP contribution is -2.00. The first kappa shape index (κ1) is 26.6. The van der Waals surface area contributed by atoms with Gasteiger partial charge in [-0.05, 0) is 64.7 Å². The van der Waals surface area contributed by atoms with E-state index >= 15 is 0 Å². The lowest BCUT2D eigenvalue weighted by atomic mass is 9.99. The summed E-state index contributed by atoms with van der Waals surface area (Å²) in [6, 6.07) is 44.1. The molecule has 0 radical (unpaired) electrons. The predicted molar refractivity (Wildman–Crippen MR) is 185 cm³/mol. The summed E-state index contributed by atoms with van der Waals surface area (Å²) in [5.74, 6) is 1.92. The summed E-state index contributed by atoms with van der Waals surface area (Å²) in [4.78, 5) is 19.1. The van der Waals surface area contributed by atoms with Crippen molar-refractivity contribution in [2.45, 2.75) is 0 Å². The quantitative estimate of drug-likeness (QED) is 0.187. The van der Waals surface area contributed by atoms with Gasteiger partial charge >= 0.3 is 0 Å². The van der Waals surface area contributed by atoms with E-state index in [2.05, 4.69) is 106 Å². The van der Waals surface area contributed by atoms with Crippen LogP contribution in [0, 0.1) is 0 Å². The molecule has 0 saturated heterocycles. The van der Waals surface area contributed by atoms with Crippen molar-refractivity contribution >= 4 is 47.4 Å². The highest BCUT2D eigenvalue weighted by Gasteiger charge is 2.15. The molecule has 3 heterocycles. The van der Waals surface area contributed by atoms with Crippen molar-refractivity contribution in [1.29, 1.82) is 0 Å². The van der Waals surface area contributed by atoms with Crippen molar-refractivity contribution in [3.63, 3.8) is 0 Å². The number of thiophene rings is 1. The van der Waals surface area contributed by atoms with Crippen LogP contribution in [0.25, 0.3) is 76.6 Å². The van der Waals surface area contributed by atoms with E-state index in [1.807, 2.05) is 54.9 Å². The SMILES string of the molecule is Brc1cc(-c2ccc(-c3ccncc3)cc2)cc(-c2nc(-c3ccccc3)nc(-c3ccc4c(c3)sc3ccccc34)n2)c1. The van der Waals surface area contributed by atoms with Crippen LogP contribution in [0.15, 0.2) is 144 Å². The zero-order valence-corrected chi connectivity index (χ0v) is 25.8. The molecule has 0 aliphatic carbocycles. The Morgan fingerprint density at radius 3 is 1.75 bits per heavy atom. The standard InChI is InChI=1S/C38H23BrN4S/c39-31-21-29(25-12-10-24(11-13-25)26-16-18-40-19-17-26)20-30(22-31)38-42-36(27-6-2-1-3-7-27)41-37(43-38)28-14-15-33-32-8-4-5-9-34(32)44-35(33)23-28/h1-23H. The van der Waals surface area contributed by atoms with Gasteiger partial charge in [0.2, 0.25) is 0 Å². The number of nitrogens with zero attached hydrogens (tertiary/aromatic N) is 4. The molecule has 0 aliphatic rings. The third kappa shape index (κ3) is 5.08. The molecule has 0 atom stereocenters. The van der Waals surface area contributed by atoms with Gasteiger partial charge in [0.1, 0.15) is 0 Å². The van der Waals surface area contributed by atoms with Crippen molar-refractivity contribution < 1.29 is 0 Å². The van der Waals surface area contributed by atoms with E-state index in [0.29, 0.717) is 17.5 Å². The second kappa shape index (κ2) is 11.2. The van der Waals surface area contributed by atoms with Crippen molar-refractivity contribution in [3.8, 4) is 56.4 Å². The Bertz CT molecular complexity index is 2280. The molecule has 0 aliphatic heterocycles. The van der Waals surface area contributed by atoms with Crippen molar-refractivity contribution in [2.24, 2.45) is 0 Å². The molecule has 0 bridgehead atoms. The first-order valence-electron chi connectivity index (χ1n) is 14.2. The van der Waals surface area contributed by atoms with Crippen LogP contribution in [0.4, 0.5) is 0 Å². The number of pyridine rings is 1. The fourth-order valence-corrected chi connectivity index (χ4v) is 7.14. The second-order valence-corrected chi connectivity index (χ2v) is 12.5. The van der Waals surface area contributed by atoms with Gasteiger partial charge in [-0.25, -0.2) is 15.0 Å². The summed E-state index contributed by atoms with van der Waals surface area (Å²) in [5.41, 5.74) is 7.30. The Hall–Kier alpha value is -5.04. The molecule has 8 rings (SSSR count). The lowest BCUT2D eigenvalue weighted by molar-refractivity contribution is 1.07. The van der Waals surface area contributed by atoms with Gasteiger partial charge < -0.3 is 0 Å². The maximum Gasteiger partial charge on any atom is 0.164 e. The molecule has 0 spiro atoms.